The van der Waals surface area contributed by atoms with Crippen molar-refractivity contribution < 1.29 is 54.4 Å². The number of hydrogen-bond acceptors (Lipinski definition) is 16. The van der Waals surface area contributed by atoms with Crippen LogP contribution in [0, 0.1) is 35.5 Å². The molecule has 14 rings (SSSR count). The number of fused-ring (bicyclic) bond motifs is 14. The normalized spacial score (nSPS) is 34.6. The molecule has 0 amide bonds. The summed E-state index contributed by atoms with van der Waals surface area (Å²) >= 11 is 0. The number of nitrogens with two attached hydrogens (primary N) is 1. The summed E-state index contributed by atoms with van der Waals surface area (Å²) in [6, 6.07) is 12.5. The SMILES string of the molecule is CC=C(C(=O)OC1Cc2c3c(c4oc(CO)cc(=O)c4c2O)C2C4=CCNC(N)=C4C(CCc4ccc(O)cc4C2CO)C2CCC4=CC(NCC)NC=C4CC2C1(C)O3)C1(O)CC2CC1C=C1CC3C(CO)CCC3(O)c3cccc2c31. The molecule has 4 aromatic rings. The fraction of sp³-hybridized carbons (Fsp3) is 0.493. The van der Waals surface area contributed by atoms with E-state index in [4.69, 9.17) is 19.6 Å². The van der Waals surface area contributed by atoms with Gasteiger partial charge in [-0.15, -0.1) is 0 Å². The fourth-order valence-electron chi connectivity index (χ4n) is 18.1. The number of aliphatic hydroxyl groups is 5. The van der Waals surface area contributed by atoms with Crippen LogP contribution >= 0.6 is 0 Å². The van der Waals surface area contributed by atoms with Gasteiger partial charge >= 0.3 is 5.97 Å². The van der Waals surface area contributed by atoms with Gasteiger partial charge in [0.2, 0.25) is 0 Å². The molecule has 3 aromatic carbocycles. The quantitative estimate of drug-likeness (QED) is 0.0622. The first-order valence-electron chi connectivity index (χ1n) is 30.2. The highest BCUT2D eigenvalue weighted by Crippen LogP contribution is 2.64. The van der Waals surface area contributed by atoms with Crippen molar-refractivity contribution in [2.75, 3.05) is 26.3 Å². The number of carbonyl (C=O) groups excluding carboxylic acids is 1. The summed E-state index contributed by atoms with van der Waals surface area (Å²) in [6.07, 6.45) is 14.4. The lowest BCUT2D eigenvalue weighted by molar-refractivity contribution is -0.171. The van der Waals surface area contributed by atoms with Crippen molar-refractivity contribution in [3.8, 4) is 17.2 Å². The maximum absolute atomic E-state index is 15.9. The second-order valence-corrected chi connectivity index (χ2v) is 25.7. The third kappa shape index (κ3) is 8.05. The highest BCUT2D eigenvalue weighted by Gasteiger charge is 2.61. The van der Waals surface area contributed by atoms with E-state index in [1.165, 1.54) is 5.57 Å². The van der Waals surface area contributed by atoms with Crippen molar-refractivity contribution >= 4 is 22.5 Å². The van der Waals surface area contributed by atoms with Gasteiger partial charge in [0.05, 0.1) is 23.9 Å². The Kier molecular flexibility index (Phi) is 13.1. The first-order valence-corrected chi connectivity index (χ1v) is 30.2. The van der Waals surface area contributed by atoms with Gasteiger partial charge in [-0.1, -0.05) is 49.4 Å². The summed E-state index contributed by atoms with van der Waals surface area (Å²) in [6.45, 7) is 5.81. The Morgan fingerprint density at radius 3 is 2.58 bits per heavy atom. The number of hydrogen-bond donors (Lipinski definition) is 11. The summed E-state index contributed by atoms with van der Waals surface area (Å²) in [5.41, 5.74) is 12.6. The van der Waals surface area contributed by atoms with Crippen LogP contribution in [-0.4, -0.2) is 91.5 Å². The molecule has 83 heavy (non-hydrogen) atoms. The number of aliphatic hydroxyl groups excluding tert-OH is 3. The van der Waals surface area contributed by atoms with E-state index in [2.05, 4.69) is 53.4 Å². The molecule has 10 aliphatic rings. The number of esters is 1. The molecule has 0 radical (unpaired) electrons. The van der Waals surface area contributed by atoms with E-state index in [-0.39, 0.29) is 94.6 Å². The summed E-state index contributed by atoms with van der Waals surface area (Å²) < 4.78 is 21.6. The molecular formula is C67H76N4O12. The molecule has 436 valence electrons. The van der Waals surface area contributed by atoms with E-state index in [0.29, 0.717) is 81.3 Å². The first-order chi connectivity index (χ1) is 40.0. The van der Waals surface area contributed by atoms with Crippen molar-refractivity contribution in [1.29, 1.82) is 0 Å². The van der Waals surface area contributed by atoms with Gasteiger partial charge in [0.15, 0.2) is 5.43 Å². The molecule has 6 bridgehead atoms. The van der Waals surface area contributed by atoms with E-state index in [9.17, 15) is 40.5 Å². The molecule has 14 atom stereocenters. The summed E-state index contributed by atoms with van der Waals surface area (Å²) in [7, 11) is 0. The Morgan fingerprint density at radius 1 is 0.964 bits per heavy atom. The average Bonchev–Trinajstić information content (AvgIpc) is 2.39. The predicted octanol–water partition coefficient (Wildman–Crippen LogP) is 7.08. The van der Waals surface area contributed by atoms with Gasteiger partial charge in [0.1, 0.15) is 63.7 Å². The van der Waals surface area contributed by atoms with Crippen molar-refractivity contribution in [2.45, 2.75) is 145 Å². The van der Waals surface area contributed by atoms with Crippen LogP contribution in [0.15, 0.2) is 116 Å². The number of phenolic OH excluding ortho intramolecular Hbond substituents is 2. The minimum absolute atomic E-state index is 0.0117. The molecule has 14 unspecified atom stereocenters. The van der Waals surface area contributed by atoms with Crippen molar-refractivity contribution in [1.82, 2.24) is 16.0 Å². The maximum atomic E-state index is 15.9. The molecular weight excluding hydrogens is 1050 g/mol. The second kappa shape index (κ2) is 20.0. The van der Waals surface area contributed by atoms with Gasteiger partial charge in [-0.2, -0.15) is 0 Å². The van der Waals surface area contributed by atoms with Crippen LogP contribution in [0.3, 0.4) is 0 Å². The molecule has 4 aliphatic heterocycles. The monoisotopic (exact) mass is 1130 g/mol. The van der Waals surface area contributed by atoms with E-state index in [1.807, 2.05) is 25.1 Å². The molecule has 3 fully saturated rings. The zero-order chi connectivity index (χ0) is 57.6. The number of benzene rings is 3. The Labute approximate surface area is 482 Å². The van der Waals surface area contributed by atoms with E-state index in [0.717, 1.165) is 57.2 Å². The average molecular weight is 1130 g/mol. The number of carbonyl (C=O) groups is 1. The Bertz CT molecular complexity index is 3670. The van der Waals surface area contributed by atoms with E-state index in [1.54, 1.807) is 25.1 Å². The first kappa shape index (κ1) is 54.3. The fourth-order valence-corrected chi connectivity index (χ4v) is 18.1. The minimum atomic E-state index is -1.68. The predicted molar refractivity (Wildman–Crippen MR) is 310 cm³/mol. The Balaban J connectivity index is 0.966. The zero-order valence-corrected chi connectivity index (χ0v) is 47.3. The third-order valence-corrected chi connectivity index (χ3v) is 21.9. The van der Waals surface area contributed by atoms with Gasteiger partial charge in [-0.25, -0.2) is 4.79 Å². The van der Waals surface area contributed by atoms with Crippen LogP contribution in [0.4, 0.5) is 0 Å². The number of aryl methyl sites for hydroxylation is 1. The highest BCUT2D eigenvalue weighted by atomic mass is 16.6. The van der Waals surface area contributed by atoms with Crippen LogP contribution in [0.25, 0.3) is 16.5 Å². The van der Waals surface area contributed by atoms with E-state index < -0.39 is 76.9 Å². The van der Waals surface area contributed by atoms with Crippen LogP contribution in [0.2, 0.25) is 0 Å². The van der Waals surface area contributed by atoms with Gasteiger partial charge in [0.25, 0.3) is 0 Å². The Hall–Kier alpha value is -6.66. The molecule has 16 heteroatoms. The summed E-state index contributed by atoms with van der Waals surface area (Å²) in [5.74, 6) is -4.13. The van der Waals surface area contributed by atoms with Crippen molar-refractivity contribution in [3.05, 3.63) is 162 Å². The molecule has 5 heterocycles. The number of rotatable bonds is 8. The number of likely N-dealkylation sites (N-methyl/N-ethyl adjacent to an activating group) is 1. The summed E-state index contributed by atoms with van der Waals surface area (Å²) in [5, 5.41) is 93.7. The zero-order valence-electron chi connectivity index (χ0n) is 47.3. The molecule has 0 spiro atoms. The minimum Gasteiger partial charge on any atom is -0.508 e. The molecule has 0 saturated heterocycles. The topological polar surface area (TPSA) is 269 Å². The number of aromatic hydroxyl groups is 2. The number of allylic oxidation sites excluding steroid dienone is 6. The van der Waals surface area contributed by atoms with Crippen LogP contribution in [-0.2, 0) is 34.6 Å². The lowest BCUT2D eigenvalue weighted by atomic mass is 9.61. The van der Waals surface area contributed by atoms with Gasteiger partial charge < -0.3 is 66.0 Å². The van der Waals surface area contributed by atoms with Gasteiger partial charge in [0, 0.05) is 72.6 Å². The number of phenols is 2. The second-order valence-electron chi connectivity index (χ2n) is 25.7. The molecule has 12 N–H and O–H groups in total. The van der Waals surface area contributed by atoms with Gasteiger partial charge in [-0.05, 0) is 182 Å². The number of nitrogens with one attached hydrogen (secondary N) is 3. The van der Waals surface area contributed by atoms with Crippen molar-refractivity contribution in [3.63, 3.8) is 0 Å². The highest BCUT2D eigenvalue weighted by molar-refractivity contribution is 5.93. The Morgan fingerprint density at radius 2 is 1.80 bits per heavy atom. The van der Waals surface area contributed by atoms with Crippen LogP contribution in [0.1, 0.15) is 141 Å². The summed E-state index contributed by atoms with van der Waals surface area (Å²) in [4.78, 5) is 30.6. The lowest BCUT2D eigenvalue weighted by Gasteiger charge is -2.52. The van der Waals surface area contributed by atoms with E-state index >= 15 is 4.79 Å². The molecule has 3 saturated carbocycles. The number of dihydropyridines is 2. The maximum Gasteiger partial charge on any atom is 0.337 e. The molecule has 1 aromatic heterocycles. The lowest BCUT2D eigenvalue weighted by Crippen LogP contribution is -2.59. The third-order valence-electron chi connectivity index (χ3n) is 21.9. The van der Waals surface area contributed by atoms with Crippen LogP contribution in [0.5, 0.6) is 17.2 Å². The van der Waals surface area contributed by atoms with Crippen LogP contribution < -0.4 is 31.8 Å². The molecule has 16 nitrogen and oxygen atoms in total. The van der Waals surface area contributed by atoms with Gasteiger partial charge in [-0.3, -0.25) is 10.1 Å². The largest absolute Gasteiger partial charge is 0.508 e. The smallest absolute Gasteiger partial charge is 0.337 e. The molecule has 6 aliphatic carbocycles. The number of ether oxygens (including phenoxy) is 2. The van der Waals surface area contributed by atoms with Crippen molar-refractivity contribution in [2.24, 2.45) is 41.2 Å². The standard InChI is InChI=1S/C67H76N4O12/c1-4-48(67(80)27-36-20-38(67)19-35-21-50-34(29-72)15-17-66(50,79)49-8-6-7-41(36)55(35)49)64(78)82-53-26-46-60(77)58-52(76)25-40(30-73)81-62(58)59-56-44-16-18-70-63(68)57(44)43(14-10-32-9-12-39(75)24-45(32)47(56)31-74)42-13-11-33-23-54(69-5-2)71-28-37(33)22-51(42)65(53,3)83-61(46)59/h4,6-9,12,16,19,23-25,28,34,36,38,42-43,47,50-51,53-54,56,69-75,77,79-80H,5,10-11,13-15,17-18,20-22,26-27,29-31,68H2,1-3H3.